The van der Waals surface area contributed by atoms with Gasteiger partial charge < -0.3 is 0 Å². The van der Waals surface area contributed by atoms with Crippen LogP contribution in [-0.2, 0) is 5.75 Å². The van der Waals surface area contributed by atoms with Gasteiger partial charge in [0.25, 0.3) is 0 Å². The van der Waals surface area contributed by atoms with E-state index in [1.54, 1.807) is 10.5 Å². The molecule has 21 heavy (non-hydrogen) atoms. The van der Waals surface area contributed by atoms with E-state index in [0.29, 0.717) is 16.4 Å². The van der Waals surface area contributed by atoms with Crippen LogP contribution in [0, 0.1) is 25.5 Å². The maximum atomic E-state index is 13.6. The summed E-state index contributed by atoms with van der Waals surface area (Å²) in [6.45, 7) is 3.74. The highest BCUT2D eigenvalue weighted by Crippen LogP contribution is 2.24. The highest BCUT2D eigenvalue weighted by Gasteiger charge is 2.12. The van der Waals surface area contributed by atoms with Gasteiger partial charge in [0.05, 0.1) is 0 Å². The zero-order valence-corrected chi connectivity index (χ0v) is 12.3. The van der Waals surface area contributed by atoms with Crippen LogP contribution in [0.5, 0.6) is 0 Å². The van der Waals surface area contributed by atoms with Crippen molar-refractivity contribution in [3.05, 3.63) is 53.0 Å². The predicted octanol–water partition coefficient (Wildman–Crippen LogP) is 3.31. The first kappa shape index (κ1) is 13.9. The zero-order valence-electron chi connectivity index (χ0n) is 11.5. The Labute approximate surface area is 124 Å². The lowest BCUT2D eigenvalue weighted by atomic mass is 10.2. The molecule has 3 rings (SSSR count). The number of rotatable bonds is 3. The van der Waals surface area contributed by atoms with Crippen LogP contribution in [0.3, 0.4) is 0 Å². The molecule has 0 fully saturated rings. The first-order valence-corrected chi connectivity index (χ1v) is 7.30. The molecule has 0 aliphatic rings. The van der Waals surface area contributed by atoms with Gasteiger partial charge in [-0.15, -0.1) is 10.2 Å². The summed E-state index contributed by atoms with van der Waals surface area (Å²) in [5.41, 5.74) is 1.86. The van der Waals surface area contributed by atoms with Gasteiger partial charge in [0.1, 0.15) is 5.82 Å². The van der Waals surface area contributed by atoms with Gasteiger partial charge in [-0.2, -0.15) is 0 Å². The monoisotopic (exact) mass is 306 g/mol. The number of benzene rings is 1. The molecule has 0 spiro atoms. The molecule has 7 heteroatoms. The lowest BCUT2D eigenvalue weighted by Gasteiger charge is -2.05. The maximum absolute atomic E-state index is 13.6. The smallest absolute Gasteiger partial charge is 0.197 e. The Morgan fingerprint density at radius 1 is 1.19 bits per heavy atom. The van der Waals surface area contributed by atoms with E-state index in [0.717, 1.165) is 17.6 Å². The van der Waals surface area contributed by atoms with E-state index in [2.05, 4.69) is 15.2 Å². The molecule has 0 aliphatic heterocycles. The molecular formula is C14H12F2N4S. The number of thioether (sulfide) groups is 1. The average Bonchev–Trinajstić information content (AvgIpc) is 2.83. The third-order valence-corrected chi connectivity index (χ3v) is 4.02. The van der Waals surface area contributed by atoms with Crippen molar-refractivity contribution in [2.45, 2.75) is 24.8 Å². The first-order valence-electron chi connectivity index (χ1n) is 6.31. The number of aryl methyl sites for hydroxylation is 2. The number of hydrogen-bond acceptors (Lipinski definition) is 4. The van der Waals surface area contributed by atoms with E-state index >= 15 is 0 Å². The Morgan fingerprint density at radius 2 is 2.00 bits per heavy atom. The van der Waals surface area contributed by atoms with Crippen LogP contribution in [0.1, 0.15) is 17.1 Å². The molecule has 0 N–H and O–H groups in total. The van der Waals surface area contributed by atoms with Crippen molar-refractivity contribution < 1.29 is 8.78 Å². The van der Waals surface area contributed by atoms with E-state index in [1.165, 1.54) is 17.8 Å². The van der Waals surface area contributed by atoms with Gasteiger partial charge in [0.2, 0.25) is 0 Å². The molecule has 108 valence electrons. The summed E-state index contributed by atoms with van der Waals surface area (Å²) < 4.78 is 28.6. The van der Waals surface area contributed by atoms with Crippen molar-refractivity contribution in [2.24, 2.45) is 0 Å². The van der Waals surface area contributed by atoms with E-state index in [1.807, 2.05) is 19.9 Å². The Hall–Kier alpha value is -2.02. The van der Waals surface area contributed by atoms with Crippen molar-refractivity contribution >= 4 is 17.4 Å². The molecule has 0 saturated carbocycles. The lowest BCUT2D eigenvalue weighted by Crippen LogP contribution is -1.99. The minimum atomic E-state index is -0.840. The normalized spacial score (nSPS) is 11.2. The number of fused-ring (bicyclic) bond motifs is 1. The van der Waals surface area contributed by atoms with E-state index in [4.69, 9.17) is 0 Å². The van der Waals surface area contributed by atoms with Gasteiger partial charge in [-0.1, -0.05) is 23.9 Å². The van der Waals surface area contributed by atoms with Crippen LogP contribution in [0.4, 0.5) is 8.78 Å². The van der Waals surface area contributed by atoms with Crippen LogP contribution in [-0.4, -0.2) is 19.6 Å². The second kappa shape index (κ2) is 5.40. The Bertz CT molecular complexity index is 816. The van der Waals surface area contributed by atoms with Gasteiger partial charge >= 0.3 is 0 Å². The van der Waals surface area contributed by atoms with Gasteiger partial charge in [-0.05, 0) is 19.9 Å². The number of nitrogens with zero attached hydrogens (tertiary/aromatic N) is 4. The molecule has 0 aliphatic carbocycles. The van der Waals surface area contributed by atoms with Gasteiger partial charge in [0, 0.05) is 23.1 Å². The Kier molecular flexibility index (Phi) is 3.59. The highest BCUT2D eigenvalue weighted by atomic mass is 32.2. The minimum absolute atomic E-state index is 0.275. The highest BCUT2D eigenvalue weighted by molar-refractivity contribution is 7.98. The fraction of sp³-hybridized carbons (Fsp3) is 0.214. The first-order chi connectivity index (χ1) is 10.1. The number of halogens is 2. The molecule has 0 radical (unpaired) electrons. The van der Waals surface area contributed by atoms with E-state index in [9.17, 15) is 8.78 Å². The predicted molar refractivity (Wildman–Crippen MR) is 76.2 cm³/mol. The van der Waals surface area contributed by atoms with Crippen molar-refractivity contribution in [3.63, 3.8) is 0 Å². The summed E-state index contributed by atoms with van der Waals surface area (Å²) in [4.78, 5) is 4.36. The number of hydrogen-bond donors (Lipinski definition) is 0. The maximum Gasteiger partial charge on any atom is 0.197 e. The molecule has 0 atom stereocenters. The molecule has 2 heterocycles. The van der Waals surface area contributed by atoms with Gasteiger partial charge in [-0.3, -0.25) is 4.40 Å². The second-order valence-electron chi connectivity index (χ2n) is 4.62. The fourth-order valence-corrected chi connectivity index (χ4v) is 3.06. The molecule has 1 aromatic carbocycles. The fourth-order valence-electron chi connectivity index (χ4n) is 2.10. The van der Waals surface area contributed by atoms with Crippen LogP contribution < -0.4 is 0 Å². The number of aromatic nitrogens is 4. The van der Waals surface area contributed by atoms with Gasteiger partial charge in [-0.25, -0.2) is 13.8 Å². The average molecular weight is 306 g/mol. The molecule has 0 unspecified atom stereocenters. The molecule has 0 saturated heterocycles. The molecule has 2 aromatic heterocycles. The summed E-state index contributed by atoms with van der Waals surface area (Å²) in [5, 5.41) is 8.77. The third-order valence-electron chi connectivity index (χ3n) is 3.05. The third kappa shape index (κ3) is 2.61. The second-order valence-corrected chi connectivity index (χ2v) is 5.57. The minimum Gasteiger partial charge on any atom is -0.258 e. The summed E-state index contributed by atoms with van der Waals surface area (Å²) in [6, 6.07) is 5.98. The molecule has 0 amide bonds. The van der Waals surface area contributed by atoms with Crippen molar-refractivity contribution in [2.75, 3.05) is 0 Å². The lowest BCUT2D eigenvalue weighted by molar-refractivity contribution is 0.502. The van der Waals surface area contributed by atoms with Crippen molar-refractivity contribution in [3.8, 4) is 0 Å². The quantitative estimate of drug-likeness (QED) is 0.696. The molecule has 0 bridgehead atoms. The molecule has 3 aromatic rings. The van der Waals surface area contributed by atoms with Crippen LogP contribution >= 0.6 is 11.8 Å². The van der Waals surface area contributed by atoms with Gasteiger partial charge in [0.15, 0.2) is 22.4 Å². The summed E-state index contributed by atoms with van der Waals surface area (Å²) >= 11 is 1.30. The van der Waals surface area contributed by atoms with E-state index < -0.39 is 11.6 Å². The molecular weight excluding hydrogens is 294 g/mol. The van der Waals surface area contributed by atoms with Crippen LogP contribution in [0.2, 0.25) is 0 Å². The largest absolute Gasteiger partial charge is 0.258 e. The van der Waals surface area contributed by atoms with E-state index in [-0.39, 0.29) is 5.75 Å². The van der Waals surface area contributed by atoms with Crippen molar-refractivity contribution in [1.82, 2.24) is 19.6 Å². The Balaban J connectivity index is 1.91. The van der Waals surface area contributed by atoms with Crippen molar-refractivity contribution in [1.29, 1.82) is 0 Å². The standard InChI is InChI=1S/C14H12F2N4S/c1-8-6-12-18-19-14(20(12)9(2)17-8)21-7-10-4-3-5-11(15)13(10)16/h3-6H,7H2,1-2H3. The molecule has 4 nitrogen and oxygen atoms in total. The summed E-state index contributed by atoms with van der Waals surface area (Å²) in [6.07, 6.45) is 0. The zero-order chi connectivity index (χ0) is 15.0. The summed E-state index contributed by atoms with van der Waals surface area (Å²) in [7, 11) is 0. The SMILES string of the molecule is Cc1cc2nnc(SCc3cccc(F)c3F)n2c(C)n1. The summed E-state index contributed by atoms with van der Waals surface area (Å²) in [5.74, 6) is -0.619. The van der Waals surface area contributed by atoms with Crippen LogP contribution in [0.25, 0.3) is 5.65 Å². The van der Waals surface area contributed by atoms with Crippen LogP contribution in [0.15, 0.2) is 29.4 Å². The topological polar surface area (TPSA) is 43.1 Å². The Morgan fingerprint density at radius 3 is 2.81 bits per heavy atom.